The van der Waals surface area contributed by atoms with Crippen LogP contribution in [0.5, 0.6) is 0 Å². The third-order valence-electron chi connectivity index (χ3n) is 9.81. The Kier molecular flexibility index (Phi) is 9.15. The lowest BCUT2D eigenvalue weighted by molar-refractivity contribution is -0.0990. The van der Waals surface area contributed by atoms with E-state index in [0.29, 0.717) is 24.4 Å². The molecule has 0 aromatic heterocycles. The van der Waals surface area contributed by atoms with Crippen LogP contribution in [0.3, 0.4) is 0 Å². The summed E-state index contributed by atoms with van der Waals surface area (Å²) in [4.78, 5) is 0. The quantitative estimate of drug-likeness (QED) is 0.187. The average Bonchev–Trinajstić information content (AvgIpc) is 3.10. The largest absolute Gasteiger partial charge is 0.546 e. The summed E-state index contributed by atoms with van der Waals surface area (Å²) in [6.07, 6.45) is 12.2. The van der Waals surface area contributed by atoms with Crippen molar-refractivity contribution in [3.05, 3.63) is 34.8 Å². The molecule has 0 radical (unpaired) electrons. The second-order valence-corrected chi connectivity index (χ2v) is 35.7. The van der Waals surface area contributed by atoms with Crippen molar-refractivity contribution in [2.24, 2.45) is 28.6 Å². The van der Waals surface area contributed by atoms with E-state index in [2.05, 4.69) is 105 Å². The van der Waals surface area contributed by atoms with Gasteiger partial charge in [0.15, 0.2) is 16.6 Å². The molecule has 0 heterocycles. The molecule has 0 amide bonds. The fourth-order valence-electron chi connectivity index (χ4n) is 8.57. The zero-order valence-corrected chi connectivity index (χ0v) is 33.0. The van der Waals surface area contributed by atoms with Gasteiger partial charge in [-0.2, -0.15) is 0 Å². The SMILES string of the molecule is C[C@]12CC=C(O[Si](C)(C)C)C=C1CCC1C2C(O[Si](C)(C)C)C[C@]2(C)/C(=C(/CO[Si](C)(C)C)O[Si](C)(C)C)CCC12. The van der Waals surface area contributed by atoms with E-state index in [1.807, 2.05) is 0 Å². The fourth-order valence-corrected chi connectivity index (χ4v) is 12.0. The second-order valence-electron chi connectivity index (χ2n) is 17.9. The summed E-state index contributed by atoms with van der Waals surface area (Å²) in [5.41, 5.74) is 3.43. The first kappa shape index (κ1) is 33.5. The van der Waals surface area contributed by atoms with Gasteiger partial charge >= 0.3 is 0 Å². The molecule has 0 N–H and O–H groups in total. The molecular weight excluding hydrogens is 573 g/mol. The topological polar surface area (TPSA) is 36.9 Å². The van der Waals surface area contributed by atoms with Gasteiger partial charge < -0.3 is 17.7 Å². The van der Waals surface area contributed by atoms with E-state index in [0.717, 1.165) is 25.0 Å². The van der Waals surface area contributed by atoms with Crippen LogP contribution < -0.4 is 0 Å². The van der Waals surface area contributed by atoms with Crippen LogP contribution in [0, 0.1) is 28.6 Å². The van der Waals surface area contributed by atoms with E-state index in [1.54, 1.807) is 11.1 Å². The summed E-state index contributed by atoms with van der Waals surface area (Å²) >= 11 is 0. The van der Waals surface area contributed by atoms with Crippen molar-refractivity contribution < 1.29 is 17.7 Å². The molecule has 0 saturated heterocycles. The van der Waals surface area contributed by atoms with Crippen molar-refractivity contribution in [1.82, 2.24) is 0 Å². The second kappa shape index (κ2) is 11.2. The molecule has 4 rings (SSSR count). The van der Waals surface area contributed by atoms with E-state index in [-0.39, 0.29) is 16.9 Å². The highest BCUT2D eigenvalue weighted by molar-refractivity contribution is 6.71. The van der Waals surface area contributed by atoms with Crippen LogP contribution in [-0.2, 0) is 17.7 Å². The molecule has 0 bridgehead atoms. The highest BCUT2D eigenvalue weighted by Gasteiger charge is 2.62. The standard InChI is InChI=1S/C33H62O4Si4/c1-32-20-19-25(35-39(6,7)8)21-24(32)15-16-26-27-17-18-28(30(37-41(12,13)14)23-34-38(3,4)5)33(27,2)22-29(31(26)32)36-40(9,10)11/h19,21,26-27,29,31H,15-18,20,22-23H2,1-14H3/b30-28-/t26?,27?,29?,31?,32-,33-/m0/s1. The highest BCUT2D eigenvalue weighted by atomic mass is 28.4. The Morgan fingerprint density at radius 1 is 0.805 bits per heavy atom. The van der Waals surface area contributed by atoms with Crippen LogP contribution in [0.25, 0.3) is 0 Å². The van der Waals surface area contributed by atoms with E-state index in [9.17, 15) is 0 Å². The monoisotopic (exact) mass is 634 g/mol. The molecule has 0 spiro atoms. The van der Waals surface area contributed by atoms with Crippen LogP contribution >= 0.6 is 0 Å². The summed E-state index contributed by atoms with van der Waals surface area (Å²) in [7, 11) is -6.88. The third kappa shape index (κ3) is 7.64. The minimum absolute atomic E-state index is 0.109. The molecule has 4 aliphatic carbocycles. The molecule has 234 valence electrons. The number of allylic oxidation sites excluding steroid dienone is 4. The van der Waals surface area contributed by atoms with Crippen LogP contribution in [0.2, 0.25) is 78.6 Å². The smallest absolute Gasteiger partial charge is 0.242 e. The van der Waals surface area contributed by atoms with Gasteiger partial charge in [-0.05, 0) is 163 Å². The van der Waals surface area contributed by atoms with Crippen molar-refractivity contribution in [1.29, 1.82) is 0 Å². The third-order valence-corrected chi connectivity index (χ3v) is 13.5. The van der Waals surface area contributed by atoms with Crippen molar-refractivity contribution in [2.75, 3.05) is 6.61 Å². The molecule has 6 atom stereocenters. The molecule has 3 saturated carbocycles. The van der Waals surface area contributed by atoms with Gasteiger partial charge in [0.05, 0.1) is 12.4 Å². The normalized spacial score (nSPS) is 35.6. The Bertz CT molecular complexity index is 1080. The predicted octanol–water partition coefficient (Wildman–Crippen LogP) is 10.1. The first-order valence-electron chi connectivity index (χ1n) is 16.3. The van der Waals surface area contributed by atoms with Gasteiger partial charge in [0, 0.05) is 6.10 Å². The zero-order chi connectivity index (χ0) is 30.8. The highest BCUT2D eigenvalue weighted by Crippen LogP contribution is 2.67. The number of hydrogen-bond acceptors (Lipinski definition) is 4. The van der Waals surface area contributed by atoms with Crippen molar-refractivity contribution in [3.63, 3.8) is 0 Å². The lowest BCUT2D eigenvalue weighted by Gasteiger charge is -2.60. The van der Waals surface area contributed by atoms with E-state index < -0.39 is 33.3 Å². The molecule has 4 aliphatic rings. The predicted molar refractivity (Wildman–Crippen MR) is 184 cm³/mol. The minimum Gasteiger partial charge on any atom is -0.546 e. The van der Waals surface area contributed by atoms with Gasteiger partial charge in [-0.25, -0.2) is 0 Å². The van der Waals surface area contributed by atoms with E-state index in [1.165, 1.54) is 25.0 Å². The molecule has 4 nitrogen and oxygen atoms in total. The lowest BCUT2D eigenvalue weighted by Crippen LogP contribution is -2.57. The van der Waals surface area contributed by atoms with Gasteiger partial charge in [-0.1, -0.05) is 19.4 Å². The summed E-state index contributed by atoms with van der Waals surface area (Å²) in [5.74, 6) is 4.21. The molecule has 4 unspecified atom stereocenters. The van der Waals surface area contributed by atoms with Crippen molar-refractivity contribution >= 4 is 33.3 Å². The fraction of sp³-hybridized carbons (Fsp3) is 0.818. The van der Waals surface area contributed by atoms with Crippen molar-refractivity contribution in [2.45, 2.75) is 137 Å². The summed E-state index contributed by atoms with van der Waals surface area (Å²) in [6, 6.07) is 0. The van der Waals surface area contributed by atoms with Crippen molar-refractivity contribution in [3.8, 4) is 0 Å². The van der Waals surface area contributed by atoms with Crippen LogP contribution in [-0.4, -0.2) is 46.0 Å². The van der Waals surface area contributed by atoms with Crippen LogP contribution in [0.1, 0.15) is 52.4 Å². The first-order chi connectivity index (χ1) is 18.5. The lowest BCUT2D eigenvalue weighted by atomic mass is 9.46. The number of hydrogen-bond donors (Lipinski definition) is 0. The maximum atomic E-state index is 7.27. The molecule has 3 fully saturated rings. The molecular formula is C33H62O4Si4. The molecule has 41 heavy (non-hydrogen) atoms. The van der Waals surface area contributed by atoms with E-state index in [4.69, 9.17) is 17.7 Å². The van der Waals surface area contributed by atoms with Gasteiger partial charge in [-0.15, -0.1) is 0 Å². The summed E-state index contributed by atoms with van der Waals surface area (Å²) in [6.45, 7) is 33.6. The Balaban J connectivity index is 1.75. The molecule has 0 aromatic rings. The average molecular weight is 635 g/mol. The summed E-state index contributed by atoms with van der Waals surface area (Å²) in [5, 5.41) is 0. The van der Waals surface area contributed by atoms with Crippen LogP contribution in [0.4, 0.5) is 0 Å². The zero-order valence-electron chi connectivity index (χ0n) is 29.0. The Morgan fingerprint density at radius 2 is 1.46 bits per heavy atom. The number of rotatable bonds is 9. The molecule has 8 heteroatoms. The van der Waals surface area contributed by atoms with Gasteiger partial charge in [0.25, 0.3) is 0 Å². The van der Waals surface area contributed by atoms with Gasteiger partial charge in [0.1, 0.15) is 5.76 Å². The molecule has 0 aromatic carbocycles. The van der Waals surface area contributed by atoms with Gasteiger partial charge in [-0.3, -0.25) is 0 Å². The Morgan fingerprint density at radius 3 is 2.02 bits per heavy atom. The van der Waals surface area contributed by atoms with Gasteiger partial charge in [0.2, 0.25) is 16.6 Å². The Labute approximate surface area is 257 Å². The molecule has 0 aliphatic heterocycles. The summed E-state index contributed by atoms with van der Waals surface area (Å²) < 4.78 is 27.2. The minimum atomic E-state index is -1.79. The first-order valence-corrected chi connectivity index (χ1v) is 30.0. The van der Waals surface area contributed by atoms with Crippen LogP contribution in [0.15, 0.2) is 34.8 Å². The maximum Gasteiger partial charge on any atom is 0.242 e. The number of fused-ring (bicyclic) bond motifs is 5. The van der Waals surface area contributed by atoms with E-state index >= 15 is 0 Å². The maximum absolute atomic E-state index is 7.27. The Hall–Kier alpha value is -0.392.